The zero-order chi connectivity index (χ0) is 18.2. The highest BCUT2D eigenvalue weighted by Gasteiger charge is 2.09. The van der Waals surface area contributed by atoms with Gasteiger partial charge in [0.25, 0.3) is 0 Å². The van der Waals surface area contributed by atoms with Crippen molar-refractivity contribution < 1.29 is 8.91 Å². The Kier molecular flexibility index (Phi) is 6.91. The Morgan fingerprint density at radius 3 is 2.76 bits per heavy atom. The molecule has 0 aliphatic rings. The average molecular weight is 347 g/mol. The van der Waals surface area contributed by atoms with Crippen molar-refractivity contribution in [2.75, 3.05) is 13.1 Å². The van der Waals surface area contributed by atoms with Crippen molar-refractivity contribution in [2.24, 2.45) is 4.99 Å². The Labute approximate surface area is 147 Å². The van der Waals surface area contributed by atoms with Crippen LogP contribution in [0.25, 0.3) is 0 Å². The van der Waals surface area contributed by atoms with Gasteiger partial charge in [0.2, 0.25) is 5.89 Å². The maximum atomic E-state index is 13.3. The molecule has 0 atom stereocenters. The van der Waals surface area contributed by atoms with Crippen LogP contribution in [0.3, 0.4) is 0 Å². The van der Waals surface area contributed by atoms with Crippen LogP contribution >= 0.6 is 0 Å². The van der Waals surface area contributed by atoms with Gasteiger partial charge in [0, 0.05) is 25.4 Å². The fourth-order valence-corrected chi connectivity index (χ4v) is 2.21. The van der Waals surface area contributed by atoms with E-state index in [0.29, 0.717) is 36.9 Å². The van der Waals surface area contributed by atoms with Crippen LogP contribution < -0.4 is 10.6 Å². The number of aliphatic imine (C=N–C) groups is 1. The van der Waals surface area contributed by atoms with E-state index in [1.165, 1.54) is 6.07 Å². The summed E-state index contributed by atoms with van der Waals surface area (Å²) in [6, 6.07) is 5.04. The highest BCUT2D eigenvalue weighted by Crippen LogP contribution is 2.10. The molecule has 0 fully saturated rings. The molecule has 0 unspecified atom stereocenters. The molecule has 0 radical (unpaired) electrons. The number of nitrogens with zero attached hydrogens (tertiary/aromatic N) is 3. The average Bonchev–Trinajstić information content (AvgIpc) is 3.05. The van der Waals surface area contributed by atoms with E-state index >= 15 is 0 Å². The van der Waals surface area contributed by atoms with Gasteiger partial charge in [-0.1, -0.05) is 31.1 Å². The van der Waals surface area contributed by atoms with Crippen LogP contribution in [0.5, 0.6) is 0 Å². The van der Waals surface area contributed by atoms with Gasteiger partial charge in [-0.05, 0) is 31.0 Å². The standard InChI is InChI=1S/C18H26FN5O/c1-5-20-18(22-11-14-6-7-15(19)13(4)10-14)21-9-8-16-23-17(12(2)3)24-25-16/h6-7,10,12H,5,8-9,11H2,1-4H3,(H2,20,21,22). The van der Waals surface area contributed by atoms with Gasteiger partial charge in [0.1, 0.15) is 5.82 Å². The molecule has 2 N–H and O–H groups in total. The molecule has 1 aromatic carbocycles. The third kappa shape index (κ3) is 5.85. The van der Waals surface area contributed by atoms with E-state index < -0.39 is 0 Å². The second-order valence-electron chi connectivity index (χ2n) is 6.16. The number of halogens is 1. The predicted octanol–water partition coefficient (Wildman–Crippen LogP) is 2.94. The monoisotopic (exact) mass is 347 g/mol. The summed E-state index contributed by atoms with van der Waals surface area (Å²) < 4.78 is 18.5. The van der Waals surface area contributed by atoms with Crippen LogP contribution in [-0.2, 0) is 13.0 Å². The maximum Gasteiger partial charge on any atom is 0.228 e. The maximum absolute atomic E-state index is 13.3. The molecule has 0 saturated heterocycles. The summed E-state index contributed by atoms with van der Waals surface area (Å²) in [6.07, 6.45) is 0.625. The number of hydrogen-bond acceptors (Lipinski definition) is 4. The Morgan fingerprint density at radius 1 is 1.32 bits per heavy atom. The van der Waals surface area contributed by atoms with E-state index in [0.717, 1.165) is 17.9 Å². The first kappa shape index (κ1) is 18.9. The molecule has 2 aromatic rings. The summed E-state index contributed by atoms with van der Waals surface area (Å²) >= 11 is 0. The molecule has 7 heteroatoms. The molecule has 0 aliphatic heterocycles. The predicted molar refractivity (Wildman–Crippen MR) is 96.0 cm³/mol. The molecule has 0 amide bonds. The number of guanidine groups is 1. The van der Waals surface area contributed by atoms with Crippen molar-refractivity contribution in [3.05, 3.63) is 46.9 Å². The minimum absolute atomic E-state index is 0.196. The molecule has 2 rings (SSSR count). The Morgan fingerprint density at radius 2 is 2.12 bits per heavy atom. The lowest BCUT2D eigenvalue weighted by atomic mass is 10.1. The third-order valence-electron chi connectivity index (χ3n) is 3.62. The Balaban J connectivity index is 1.89. The zero-order valence-corrected chi connectivity index (χ0v) is 15.3. The second-order valence-corrected chi connectivity index (χ2v) is 6.16. The van der Waals surface area contributed by atoms with Crippen molar-refractivity contribution >= 4 is 5.96 Å². The van der Waals surface area contributed by atoms with Gasteiger partial charge in [0.15, 0.2) is 11.8 Å². The molecule has 136 valence electrons. The topological polar surface area (TPSA) is 75.3 Å². The van der Waals surface area contributed by atoms with Gasteiger partial charge in [-0.3, -0.25) is 0 Å². The molecule has 6 nitrogen and oxygen atoms in total. The quantitative estimate of drug-likeness (QED) is 0.595. The van der Waals surface area contributed by atoms with Gasteiger partial charge in [-0.25, -0.2) is 9.38 Å². The summed E-state index contributed by atoms with van der Waals surface area (Å²) in [5.41, 5.74) is 1.59. The summed E-state index contributed by atoms with van der Waals surface area (Å²) in [6.45, 7) is 9.68. The van der Waals surface area contributed by atoms with Gasteiger partial charge < -0.3 is 15.2 Å². The first-order chi connectivity index (χ1) is 12.0. The van der Waals surface area contributed by atoms with Crippen LogP contribution in [0.2, 0.25) is 0 Å². The van der Waals surface area contributed by atoms with Crippen molar-refractivity contribution in [3.63, 3.8) is 0 Å². The van der Waals surface area contributed by atoms with Crippen LogP contribution in [0.15, 0.2) is 27.7 Å². The highest BCUT2D eigenvalue weighted by atomic mass is 19.1. The van der Waals surface area contributed by atoms with Crippen molar-refractivity contribution in [2.45, 2.75) is 46.6 Å². The number of nitrogens with one attached hydrogen (secondary N) is 2. The fraction of sp³-hybridized carbons (Fsp3) is 0.500. The number of rotatable bonds is 7. The minimum atomic E-state index is -0.196. The number of aryl methyl sites for hydroxylation is 1. The van der Waals surface area contributed by atoms with E-state index in [9.17, 15) is 4.39 Å². The van der Waals surface area contributed by atoms with Crippen molar-refractivity contribution in [1.82, 2.24) is 20.8 Å². The second kappa shape index (κ2) is 9.15. The van der Waals surface area contributed by atoms with Gasteiger partial charge in [0.05, 0.1) is 6.54 Å². The lowest BCUT2D eigenvalue weighted by molar-refractivity contribution is 0.371. The van der Waals surface area contributed by atoms with E-state index in [-0.39, 0.29) is 11.7 Å². The number of aromatic nitrogens is 2. The van der Waals surface area contributed by atoms with E-state index in [2.05, 4.69) is 25.8 Å². The number of hydrogen-bond donors (Lipinski definition) is 2. The summed E-state index contributed by atoms with van der Waals surface area (Å²) in [4.78, 5) is 8.87. The van der Waals surface area contributed by atoms with Crippen LogP contribution in [0, 0.1) is 12.7 Å². The lowest BCUT2D eigenvalue weighted by Crippen LogP contribution is -2.38. The van der Waals surface area contributed by atoms with E-state index in [4.69, 9.17) is 4.52 Å². The minimum Gasteiger partial charge on any atom is -0.357 e. The van der Waals surface area contributed by atoms with Gasteiger partial charge >= 0.3 is 0 Å². The molecule has 0 spiro atoms. The van der Waals surface area contributed by atoms with E-state index in [1.54, 1.807) is 13.0 Å². The van der Waals surface area contributed by atoms with Crippen LogP contribution in [0.4, 0.5) is 4.39 Å². The summed E-state index contributed by atoms with van der Waals surface area (Å²) in [5.74, 6) is 2.10. The SMILES string of the molecule is CCNC(=NCc1ccc(F)c(C)c1)NCCc1nc(C(C)C)no1. The Bertz CT molecular complexity index is 711. The molecular weight excluding hydrogens is 321 g/mol. The van der Waals surface area contributed by atoms with Crippen molar-refractivity contribution in [1.29, 1.82) is 0 Å². The molecule has 25 heavy (non-hydrogen) atoms. The summed E-state index contributed by atoms with van der Waals surface area (Å²) in [7, 11) is 0. The first-order valence-electron chi connectivity index (χ1n) is 8.59. The van der Waals surface area contributed by atoms with E-state index in [1.807, 2.05) is 26.8 Å². The smallest absolute Gasteiger partial charge is 0.228 e. The van der Waals surface area contributed by atoms with Gasteiger partial charge in [-0.2, -0.15) is 4.98 Å². The largest absolute Gasteiger partial charge is 0.357 e. The normalized spacial score (nSPS) is 11.8. The van der Waals surface area contributed by atoms with Gasteiger partial charge in [-0.15, -0.1) is 0 Å². The summed E-state index contributed by atoms with van der Waals surface area (Å²) in [5, 5.41) is 10.4. The van der Waals surface area contributed by atoms with Crippen LogP contribution in [-0.4, -0.2) is 29.2 Å². The third-order valence-corrected chi connectivity index (χ3v) is 3.62. The van der Waals surface area contributed by atoms with Crippen LogP contribution in [0.1, 0.15) is 49.5 Å². The van der Waals surface area contributed by atoms with Crippen molar-refractivity contribution in [3.8, 4) is 0 Å². The Hall–Kier alpha value is -2.44. The fourth-order valence-electron chi connectivity index (χ4n) is 2.21. The number of benzene rings is 1. The molecular formula is C18H26FN5O. The first-order valence-corrected chi connectivity index (χ1v) is 8.59. The molecule has 0 bridgehead atoms. The molecule has 0 saturated carbocycles. The molecule has 1 aromatic heterocycles. The zero-order valence-electron chi connectivity index (χ0n) is 15.3. The lowest BCUT2D eigenvalue weighted by Gasteiger charge is -2.10. The molecule has 0 aliphatic carbocycles. The molecule has 1 heterocycles. The highest BCUT2D eigenvalue weighted by molar-refractivity contribution is 5.79.